The molecule has 5 heteroatoms. The summed E-state index contributed by atoms with van der Waals surface area (Å²) < 4.78 is 0. The van der Waals surface area contributed by atoms with Crippen molar-refractivity contribution < 1.29 is 4.79 Å². The Morgan fingerprint density at radius 2 is 2.47 bits per heavy atom. The predicted octanol–water partition coefficient (Wildman–Crippen LogP) is 2.74. The van der Waals surface area contributed by atoms with Gasteiger partial charge in [-0.15, -0.1) is 11.3 Å². The maximum absolute atomic E-state index is 11.7. The molecule has 0 aromatic carbocycles. The molecule has 0 bridgehead atoms. The van der Waals surface area contributed by atoms with Gasteiger partial charge in [0.15, 0.2) is 0 Å². The molecule has 0 radical (unpaired) electrons. The number of alkyl halides is 1. The molecule has 15 heavy (non-hydrogen) atoms. The lowest BCUT2D eigenvalue weighted by Gasteiger charge is -2.12. The van der Waals surface area contributed by atoms with Crippen LogP contribution < -0.4 is 5.32 Å². The Balaban J connectivity index is 2.46. The maximum Gasteiger partial charge on any atom is 0.263 e. The normalized spacial score (nSPS) is 12.5. The van der Waals surface area contributed by atoms with Crippen molar-refractivity contribution in [2.24, 2.45) is 0 Å². The molecule has 0 aliphatic carbocycles. The second kappa shape index (κ2) is 6.23. The molecular weight excluding hydrogens is 276 g/mol. The summed E-state index contributed by atoms with van der Waals surface area (Å²) in [5, 5.41) is 3.95. The van der Waals surface area contributed by atoms with Crippen LogP contribution in [-0.4, -0.2) is 22.3 Å². The fourth-order valence-electron chi connectivity index (χ4n) is 1.26. The van der Waals surface area contributed by atoms with Gasteiger partial charge in [-0.1, -0.05) is 15.9 Å². The first kappa shape index (κ1) is 12.6. The third-order valence-electron chi connectivity index (χ3n) is 2.10. The summed E-state index contributed by atoms with van der Waals surface area (Å²) in [6.45, 7) is 3.88. The third-order valence-corrected chi connectivity index (χ3v) is 3.59. The van der Waals surface area contributed by atoms with E-state index in [2.05, 4.69) is 26.2 Å². The number of nitrogens with zero attached hydrogens (tertiary/aromatic N) is 1. The van der Waals surface area contributed by atoms with Crippen LogP contribution in [-0.2, 0) is 0 Å². The zero-order valence-corrected chi connectivity index (χ0v) is 11.3. The van der Waals surface area contributed by atoms with Gasteiger partial charge in [-0.25, -0.2) is 4.98 Å². The van der Waals surface area contributed by atoms with Gasteiger partial charge in [-0.2, -0.15) is 0 Å². The van der Waals surface area contributed by atoms with Crippen LogP contribution in [0.4, 0.5) is 0 Å². The number of nitrogens with one attached hydrogen (secondary N) is 1. The van der Waals surface area contributed by atoms with Gasteiger partial charge in [0.05, 0.1) is 11.2 Å². The van der Waals surface area contributed by atoms with Gasteiger partial charge in [0.2, 0.25) is 0 Å². The number of aryl methyl sites for hydroxylation is 1. The lowest BCUT2D eigenvalue weighted by Crippen LogP contribution is -2.32. The van der Waals surface area contributed by atoms with Crippen LogP contribution in [0.2, 0.25) is 0 Å². The number of hydrogen-bond acceptors (Lipinski definition) is 3. The van der Waals surface area contributed by atoms with Crippen LogP contribution in [0.25, 0.3) is 0 Å². The molecule has 84 valence electrons. The van der Waals surface area contributed by atoms with Gasteiger partial charge in [-0.3, -0.25) is 4.79 Å². The van der Waals surface area contributed by atoms with Crippen LogP contribution >= 0.6 is 27.3 Å². The van der Waals surface area contributed by atoms with E-state index in [0.717, 1.165) is 28.7 Å². The SMILES string of the molecule is Cc1ncsc1C(=O)NC(C)CCCBr. The number of rotatable bonds is 5. The van der Waals surface area contributed by atoms with E-state index in [1.54, 1.807) is 5.51 Å². The second-order valence-corrected chi connectivity index (χ2v) is 5.12. The molecule has 0 fully saturated rings. The molecule has 1 rings (SSSR count). The highest BCUT2D eigenvalue weighted by molar-refractivity contribution is 9.09. The van der Waals surface area contributed by atoms with E-state index in [1.807, 2.05) is 13.8 Å². The average molecular weight is 291 g/mol. The van der Waals surface area contributed by atoms with Crippen LogP contribution in [0.3, 0.4) is 0 Å². The molecule has 1 N–H and O–H groups in total. The van der Waals surface area contributed by atoms with Crippen LogP contribution in [0, 0.1) is 6.92 Å². The minimum atomic E-state index is -0.00271. The summed E-state index contributed by atoms with van der Waals surface area (Å²) in [7, 11) is 0. The molecule has 1 aromatic rings. The number of aromatic nitrogens is 1. The molecule has 0 aliphatic heterocycles. The van der Waals surface area contributed by atoms with Gasteiger partial charge in [-0.05, 0) is 26.7 Å². The highest BCUT2D eigenvalue weighted by Crippen LogP contribution is 2.12. The van der Waals surface area contributed by atoms with Crippen molar-refractivity contribution in [3.63, 3.8) is 0 Å². The number of hydrogen-bond donors (Lipinski definition) is 1. The van der Waals surface area contributed by atoms with Crippen LogP contribution in [0.15, 0.2) is 5.51 Å². The lowest BCUT2D eigenvalue weighted by atomic mass is 10.2. The largest absolute Gasteiger partial charge is 0.349 e. The molecule has 1 atom stereocenters. The third kappa shape index (κ3) is 3.91. The van der Waals surface area contributed by atoms with E-state index in [0.29, 0.717) is 0 Å². The van der Waals surface area contributed by atoms with Crippen molar-refractivity contribution in [1.82, 2.24) is 10.3 Å². The van der Waals surface area contributed by atoms with Crippen molar-refractivity contribution in [2.45, 2.75) is 32.7 Å². The Labute approximate surface area is 102 Å². The first-order valence-corrected chi connectivity index (χ1v) is 6.92. The summed E-state index contributed by atoms with van der Waals surface area (Å²) in [5.41, 5.74) is 2.51. The van der Waals surface area contributed by atoms with Gasteiger partial charge in [0, 0.05) is 11.4 Å². The predicted molar refractivity (Wildman–Crippen MR) is 66.8 cm³/mol. The Bertz CT molecular complexity index is 327. The quantitative estimate of drug-likeness (QED) is 0.848. The smallest absolute Gasteiger partial charge is 0.263 e. The highest BCUT2D eigenvalue weighted by atomic mass is 79.9. The standard InChI is InChI=1S/C10H15BrN2OS/c1-7(4-3-5-11)13-10(14)9-8(2)12-6-15-9/h6-7H,3-5H2,1-2H3,(H,13,14). The van der Waals surface area contributed by atoms with E-state index in [1.165, 1.54) is 11.3 Å². The molecule has 1 amide bonds. The number of carbonyl (C=O) groups excluding carboxylic acids is 1. The zero-order valence-electron chi connectivity index (χ0n) is 8.92. The monoisotopic (exact) mass is 290 g/mol. The molecule has 0 aliphatic rings. The average Bonchev–Trinajstić information content (AvgIpc) is 2.61. The molecular formula is C10H15BrN2OS. The van der Waals surface area contributed by atoms with Crippen molar-refractivity contribution in [2.75, 3.05) is 5.33 Å². The lowest BCUT2D eigenvalue weighted by molar-refractivity contribution is 0.0941. The maximum atomic E-state index is 11.7. The molecule has 0 spiro atoms. The van der Waals surface area contributed by atoms with Crippen molar-refractivity contribution in [3.8, 4) is 0 Å². The minimum absolute atomic E-state index is 0.00271. The highest BCUT2D eigenvalue weighted by Gasteiger charge is 2.13. The van der Waals surface area contributed by atoms with E-state index < -0.39 is 0 Å². The summed E-state index contributed by atoms with van der Waals surface area (Å²) >= 11 is 4.76. The topological polar surface area (TPSA) is 42.0 Å². The summed E-state index contributed by atoms with van der Waals surface area (Å²) in [6.07, 6.45) is 2.07. The number of carbonyl (C=O) groups is 1. The fourth-order valence-corrected chi connectivity index (χ4v) is 2.29. The molecule has 3 nitrogen and oxygen atoms in total. The number of thiazole rings is 1. The summed E-state index contributed by atoms with van der Waals surface area (Å²) in [5.74, 6) is -0.00271. The van der Waals surface area contributed by atoms with Crippen LogP contribution in [0.1, 0.15) is 35.1 Å². The number of halogens is 1. The van der Waals surface area contributed by atoms with E-state index >= 15 is 0 Å². The molecule has 1 heterocycles. The minimum Gasteiger partial charge on any atom is -0.349 e. The Morgan fingerprint density at radius 3 is 3.00 bits per heavy atom. The summed E-state index contributed by atoms with van der Waals surface area (Å²) in [4.78, 5) is 16.5. The van der Waals surface area contributed by atoms with Crippen molar-refractivity contribution >= 4 is 33.2 Å². The first-order valence-electron chi connectivity index (χ1n) is 4.92. The molecule has 1 unspecified atom stereocenters. The zero-order chi connectivity index (χ0) is 11.3. The molecule has 0 saturated carbocycles. The van der Waals surface area contributed by atoms with Gasteiger partial charge in [0.1, 0.15) is 4.88 Å². The first-order chi connectivity index (χ1) is 7.15. The van der Waals surface area contributed by atoms with Gasteiger partial charge >= 0.3 is 0 Å². The Hall–Kier alpha value is -0.420. The van der Waals surface area contributed by atoms with Crippen LogP contribution in [0.5, 0.6) is 0 Å². The molecule has 0 saturated heterocycles. The van der Waals surface area contributed by atoms with Gasteiger partial charge < -0.3 is 5.32 Å². The van der Waals surface area contributed by atoms with E-state index in [4.69, 9.17) is 0 Å². The van der Waals surface area contributed by atoms with E-state index in [-0.39, 0.29) is 11.9 Å². The fraction of sp³-hybridized carbons (Fsp3) is 0.600. The number of amides is 1. The molecule has 1 aromatic heterocycles. The van der Waals surface area contributed by atoms with Gasteiger partial charge in [0.25, 0.3) is 5.91 Å². The van der Waals surface area contributed by atoms with E-state index in [9.17, 15) is 4.79 Å². The second-order valence-electron chi connectivity index (χ2n) is 3.47. The van der Waals surface area contributed by atoms with Crippen molar-refractivity contribution in [1.29, 1.82) is 0 Å². The Morgan fingerprint density at radius 1 is 1.73 bits per heavy atom. The summed E-state index contributed by atoms with van der Waals surface area (Å²) in [6, 6.07) is 0.219. The Kier molecular flexibility index (Phi) is 5.25. The van der Waals surface area contributed by atoms with Crippen molar-refractivity contribution in [3.05, 3.63) is 16.1 Å².